The highest BCUT2D eigenvalue weighted by Gasteiger charge is 2.31. The summed E-state index contributed by atoms with van der Waals surface area (Å²) in [6, 6.07) is 16.0. The van der Waals surface area contributed by atoms with Crippen molar-refractivity contribution in [2.45, 2.75) is 46.6 Å². The van der Waals surface area contributed by atoms with Crippen molar-refractivity contribution < 1.29 is 4.79 Å². The average molecular weight is 400 g/mol. The molecule has 2 aliphatic rings. The minimum atomic E-state index is -0.0857. The maximum absolute atomic E-state index is 13.0. The van der Waals surface area contributed by atoms with Crippen LogP contribution in [0.5, 0.6) is 0 Å². The van der Waals surface area contributed by atoms with Crippen LogP contribution < -0.4 is 9.91 Å². The number of hydrogen-bond donors (Lipinski definition) is 0. The Hall–Kier alpha value is -3.14. The number of rotatable bonds is 4. The van der Waals surface area contributed by atoms with E-state index in [0.717, 1.165) is 29.9 Å². The molecule has 0 saturated carbocycles. The Morgan fingerprint density at radius 2 is 1.80 bits per heavy atom. The molecule has 4 nitrogen and oxygen atoms in total. The fourth-order valence-corrected chi connectivity index (χ4v) is 4.42. The van der Waals surface area contributed by atoms with Crippen molar-refractivity contribution in [3.8, 4) is 0 Å². The first-order chi connectivity index (χ1) is 14.3. The fourth-order valence-electron chi connectivity index (χ4n) is 4.42. The average Bonchev–Trinajstić information content (AvgIpc) is 3.00. The van der Waals surface area contributed by atoms with Crippen LogP contribution in [0.2, 0.25) is 0 Å². The smallest absolute Gasteiger partial charge is 0.280 e. The van der Waals surface area contributed by atoms with E-state index in [4.69, 9.17) is 0 Å². The topological polar surface area (TPSA) is 35.9 Å². The maximum Gasteiger partial charge on any atom is 0.280 e. The molecule has 154 valence electrons. The van der Waals surface area contributed by atoms with Crippen molar-refractivity contribution in [1.82, 2.24) is 0 Å². The summed E-state index contributed by atoms with van der Waals surface area (Å²) < 4.78 is 0. The summed E-state index contributed by atoms with van der Waals surface area (Å²) in [4.78, 5) is 15.5. The first-order valence-electron chi connectivity index (χ1n) is 10.6. The Labute approximate surface area is 179 Å². The van der Waals surface area contributed by atoms with E-state index in [1.165, 1.54) is 21.8 Å². The Balaban J connectivity index is 1.70. The molecule has 0 radical (unpaired) electrons. The Morgan fingerprint density at radius 1 is 1.07 bits per heavy atom. The van der Waals surface area contributed by atoms with Crippen LogP contribution in [0.3, 0.4) is 0 Å². The molecular formula is C26H29N3O. The Morgan fingerprint density at radius 3 is 2.50 bits per heavy atom. The normalized spacial score (nSPS) is 19.1. The number of carbonyl (C=O) groups excluding carboxylic acids is 1. The van der Waals surface area contributed by atoms with E-state index in [0.29, 0.717) is 5.57 Å². The predicted molar refractivity (Wildman–Crippen MR) is 127 cm³/mol. The van der Waals surface area contributed by atoms with E-state index in [-0.39, 0.29) is 11.4 Å². The fraction of sp³-hybridized carbons (Fsp3) is 0.308. The van der Waals surface area contributed by atoms with Gasteiger partial charge in [0.05, 0.1) is 22.5 Å². The summed E-state index contributed by atoms with van der Waals surface area (Å²) >= 11 is 0. The van der Waals surface area contributed by atoms with Gasteiger partial charge in [-0.05, 0) is 75.6 Å². The molecule has 4 heteroatoms. The minimum absolute atomic E-state index is 0.00603. The van der Waals surface area contributed by atoms with Crippen LogP contribution in [0.25, 0.3) is 11.6 Å². The zero-order chi connectivity index (χ0) is 21.5. The van der Waals surface area contributed by atoms with Crippen LogP contribution in [0.4, 0.5) is 11.4 Å². The summed E-state index contributed by atoms with van der Waals surface area (Å²) in [6.45, 7) is 11.8. The van der Waals surface area contributed by atoms with E-state index in [2.05, 4.69) is 62.0 Å². The molecule has 0 aromatic heterocycles. The van der Waals surface area contributed by atoms with Crippen molar-refractivity contribution >= 4 is 34.6 Å². The number of allylic oxidation sites excluding steroid dienone is 1. The van der Waals surface area contributed by atoms with Gasteiger partial charge in [-0.25, -0.2) is 0 Å². The SMILES string of the molecule is CCCN1c2ccc(/C=C3\C(=O)N(c4ccccc4)N=C3C)cc2C(C)=CC1(C)C. The third-order valence-electron chi connectivity index (χ3n) is 5.82. The van der Waals surface area contributed by atoms with E-state index in [1.54, 1.807) is 0 Å². The molecule has 30 heavy (non-hydrogen) atoms. The lowest BCUT2D eigenvalue weighted by Gasteiger charge is -2.43. The van der Waals surface area contributed by atoms with E-state index in [9.17, 15) is 4.79 Å². The molecule has 0 N–H and O–H groups in total. The van der Waals surface area contributed by atoms with Gasteiger partial charge in [-0.3, -0.25) is 4.79 Å². The molecule has 0 spiro atoms. The van der Waals surface area contributed by atoms with Gasteiger partial charge in [0.1, 0.15) is 0 Å². The molecule has 2 heterocycles. The molecule has 2 aromatic carbocycles. The molecule has 2 aliphatic heterocycles. The van der Waals surface area contributed by atoms with Crippen molar-refractivity contribution in [3.63, 3.8) is 0 Å². The van der Waals surface area contributed by atoms with Gasteiger partial charge < -0.3 is 4.90 Å². The molecule has 0 atom stereocenters. The van der Waals surface area contributed by atoms with Crippen LogP contribution >= 0.6 is 0 Å². The number of hydrogen-bond acceptors (Lipinski definition) is 3. The second kappa shape index (κ2) is 7.60. The monoisotopic (exact) mass is 399 g/mol. The second-order valence-electron chi connectivity index (χ2n) is 8.61. The van der Waals surface area contributed by atoms with Crippen LogP contribution in [-0.4, -0.2) is 23.7 Å². The van der Waals surface area contributed by atoms with Gasteiger partial charge in [0.15, 0.2) is 0 Å². The minimum Gasteiger partial charge on any atom is -0.362 e. The highest BCUT2D eigenvalue weighted by Crippen LogP contribution is 2.39. The number of amides is 1. The Bertz CT molecular complexity index is 1080. The molecule has 2 aromatic rings. The summed E-state index contributed by atoms with van der Waals surface area (Å²) in [5, 5.41) is 5.97. The summed E-state index contributed by atoms with van der Waals surface area (Å²) in [5.74, 6) is -0.0857. The number of hydrazone groups is 1. The van der Waals surface area contributed by atoms with Gasteiger partial charge in [0.25, 0.3) is 5.91 Å². The number of anilines is 2. The van der Waals surface area contributed by atoms with Crippen LogP contribution in [0.1, 0.15) is 52.2 Å². The van der Waals surface area contributed by atoms with Crippen molar-refractivity contribution in [3.05, 3.63) is 71.3 Å². The zero-order valence-corrected chi connectivity index (χ0v) is 18.4. The standard InChI is InChI=1S/C26H29N3O/c1-6-14-28-24-13-12-20(15-22(24)18(2)17-26(28,4)5)16-23-19(3)27-29(25(23)30)21-10-8-7-9-11-21/h7-13,15-17H,6,14H2,1-5H3/b23-16-. The Kier molecular flexibility index (Phi) is 5.10. The van der Waals surface area contributed by atoms with Crippen LogP contribution in [0.15, 0.2) is 65.3 Å². The summed E-state index contributed by atoms with van der Waals surface area (Å²) in [7, 11) is 0. The number of para-hydroxylation sites is 1. The summed E-state index contributed by atoms with van der Waals surface area (Å²) in [5.41, 5.74) is 6.95. The molecule has 0 fully saturated rings. The highest BCUT2D eigenvalue weighted by atomic mass is 16.2. The van der Waals surface area contributed by atoms with Gasteiger partial charge in [0, 0.05) is 17.8 Å². The zero-order valence-electron chi connectivity index (χ0n) is 18.4. The molecule has 0 saturated heterocycles. The van der Waals surface area contributed by atoms with Gasteiger partial charge in [-0.2, -0.15) is 10.1 Å². The van der Waals surface area contributed by atoms with Crippen LogP contribution in [-0.2, 0) is 4.79 Å². The highest BCUT2D eigenvalue weighted by molar-refractivity contribution is 6.32. The van der Waals surface area contributed by atoms with Gasteiger partial charge in [-0.1, -0.05) is 37.3 Å². The molecule has 0 unspecified atom stereocenters. The largest absolute Gasteiger partial charge is 0.362 e. The van der Waals surface area contributed by atoms with Crippen LogP contribution in [0, 0.1) is 0 Å². The molecule has 4 rings (SSSR count). The lowest BCUT2D eigenvalue weighted by atomic mass is 9.87. The third-order valence-corrected chi connectivity index (χ3v) is 5.82. The van der Waals surface area contributed by atoms with Crippen molar-refractivity contribution in [2.24, 2.45) is 5.10 Å². The van der Waals surface area contributed by atoms with E-state index < -0.39 is 0 Å². The maximum atomic E-state index is 13.0. The lowest BCUT2D eigenvalue weighted by molar-refractivity contribution is -0.114. The second-order valence-corrected chi connectivity index (χ2v) is 8.61. The van der Waals surface area contributed by atoms with E-state index >= 15 is 0 Å². The summed E-state index contributed by atoms with van der Waals surface area (Å²) in [6.07, 6.45) is 5.40. The number of carbonyl (C=O) groups is 1. The first kappa shape index (κ1) is 20.1. The number of benzene rings is 2. The predicted octanol–water partition coefficient (Wildman–Crippen LogP) is 5.90. The first-order valence-corrected chi connectivity index (χ1v) is 10.6. The molecule has 0 aliphatic carbocycles. The van der Waals surface area contributed by atoms with E-state index in [1.807, 2.05) is 43.3 Å². The van der Waals surface area contributed by atoms with Gasteiger partial charge in [-0.15, -0.1) is 0 Å². The lowest BCUT2D eigenvalue weighted by Crippen LogP contribution is -2.45. The molecule has 1 amide bonds. The van der Waals surface area contributed by atoms with Crippen molar-refractivity contribution in [2.75, 3.05) is 16.5 Å². The molecule has 0 bridgehead atoms. The van der Waals surface area contributed by atoms with Crippen molar-refractivity contribution in [1.29, 1.82) is 0 Å². The van der Waals surface area contributed by atoms with Gasteiger partial charge in [0.2, 0.25) is 0 Å². The number of nitrogens with zero attached hydrogens (tertiary/aromatic N) is 3. The third kappa shape index (κ3) is 3.47. The number of fused-ring (bicyclic) bond motifs is 1. The van der Waals surface area contributed by atoms with Gasteiger partial charge >= 0.3 is 0 Å². The quantitative estimate of drug-likeness (QED) is 0.600. The molecular weight excluding hydrogens is 370 g/mol.